The van der Waals surface area contributed by atoms with Crippen LogP contribution in [-0.2, 0) is 11.3 Å². The molecule has 0 bridgehead atoms. The van der Waals surface area contributed by atoms with Crippen molar-refractivity contribution in [2.24, 2.45) is 0 Å². The molecule has 1 amide bonds. The standard InChI is InChI=1S/C19H23NO3/c1-4-22-17-9-6-8-16(11-17)12-20-19(21)13-23-18-10-5-7-14(2)15(18)3/h5-11H,4,12-13H2,1-3H3,(H,20,21). The Hall–Kier alpha value is -2.49. The molecule has 0 heterocycles. The van der Waals surface area contributed by atoms with Gasteiger partial charge in [0.15, 0.2) is 6.61 Å². The zero-order valence-corrected chi connectivity index (χ0v) is 13.9. The fourth-order valence-corrected chi connectivity index (χ4v) is 2.19. The summed E-state index contributed by atoms with van der Waals surface area (Å²) in [5.74, 6) is 1.41. The van der Waals surface area contributed by atoms with Crippen molar-refractivity contribution in [1.82, 2.24) is 5.32 Å². The van der Waals surface area contributed by atoms with Crippen molar-refractivity contribution in [2.75, 3.05) is 13.2 Å². The molecule has 0 spiro atoms. The lowest BCUT2D eigenvalue weighted by molar-refractivity contribution is -0.123. The summed E-state index contributed by atoms with van der Waals surface area (Å²) in [7, 11) is 0. The SMILES string of the molecule is CCOc1cccc(CNC(=O)COc2cccc(C)c2C)c1. The fraction of sp³-hybridized carbons (Fsp3) is 0.316. The van der Waals surface area contributed by atoms with Gasteiger partial charge in [0.05, 0.1) is 6.61 Å². The monoisotopic (exact) mass is 313 g/mol. The molecule has 122 valence electrons. The van der Waals surface area contributed by atoms with E-state index in [0.717, 1.165) is 28.2 Å². The summed E-state index contributed by atoms with van der Waals surface area (Å²) in [6, 6.07) is 13.5. The third-order valence-electron chi connectivity index (χ3n) is 3.61. The molecule has 0 unspecified atom stereocenters. The van der Waals surface area contributed by atoms with Crippen LogP contribution in [0.25, 0.3) is 0 Å². The van der Waals surface area contributed by atoms with Crippen LogP contribution in [0, 0.1) is 13.8 Å². The molecule has 4 heteroatoms. The first kappa shape index (κ1) is 16.9. The summed E-state index contributed by atoms with van der Waals surface area (Å²) in [6.07, 6.45) is 0. The van der Waals surface area contributed by atoms with Gasteiger partial charge in [0.2, 0.25) is 0 Å². The van der Waals surface area contributed by atoms with E-state index in [9.17, 15) is 4.79 Å². The van der Waals surface area contributed by atoms with Crippen LogP contribution in [0.3, 0.4) is 0 Å². The lowest BCUT2D eigenvalue weighted by atomic mass is 10.1. The number of aryl methyl sites for hydroxylation is 1. The first-order valence-corrected chi connectivity index (χ1v) is 7.77. The summed E-state index contributed by atoms with van der Waals surface area (Å²) in [6.45, 7) is 7.04. The van der Waals surface area contributed by atoms with Crippen LogP contribution in [0.5, 0.6) is 11.5 Å². The molecule has 0 aliphatic heterocycles. The molecule has 4 nitrogen and oxygen atoms in total. The molecule has 0 aromatic heterocycles. The molecule has 0 saturated heterocycles. The lowest BCUT2D eigenvalue weighted by Gasteiger charge is -2.11. The van der Waals surface area contributed by atoms with Gasteiger partial charge in [-0.1, -0.05) is 24.3 Å². The van der Waals surface area contributed by atoms with Gasteiger partial charge in [0.25, 0.3) is 5.91 Å². The van der Waals surface area contributed by atoms with Gasteiger partial charge < -0.3 is 14.8 Å². The average Bonchev–Trinajstić information content (AvgIpc) is 2.55. The molecule has 23 heavy (non-hydrogen) atoms. The van der Waals surface area contributed by atoms with Crippen molar-refractivity contribution in [3.8, 4) is 11.5 Å². The summed E-state index contributed by atoms with van der Waals surface area (Å²) >= 11 is 0. The second kappa shape index (κ2) is 8.22. The van der Waals surface area contributed by atoms with Crippen LogP contribution in [0.4, 0.5) is 0 Å². The highest BCUT2D eigenvalue weighted by molar-refractivity contribution is 5.77. The molecular formula is C19H23NO3. The highest BCUT2D eigenvalue weighted by Crippen LogP contribution is 2.20. The van der Waals surface area contributed by atoms with Crippen molar-refractivity contribution in [2.45, 2.75) is 27.3 Å². The molecule has 2 aromatic rings. The van der Waals surface area contributed by atoms with E-state index in [2.05, 4.69) is 5.32 Å². The number of benzene rings is 2. The Kier molecular flexibility index (Phi) is 6.03. The van der Waals surface area contributed by atoms with Gasteiger partial charge in [-0.25, -0.2) is 0 Å². The van der Waals surface area contributed by atoms with Gasteiger partial charge in [0.1, 0.15) is 11.5 Å². The van der Waals surface area contributed by atoms with E-state index in [1.807, 2.05) is 63.2 Å². The molecule has 0 aliphatic rings. The molecular weight excluding hydrogens is 290 g/mol. The molecule has 0 aliphatic carbocycles. The number of hydrogen-bond donors (Lipinski definition) is 1. The van der Waals surface area contributed by atoms with Crippen LogP contribution >= 0.6 is 0 Å². The van der Waals surface area contributed by atoms with E-state index in [1.165, 1.54) is 0 Å². The number of nitrogens with one attached hydrogen (secondary N) is 1. The van der Waals surface area contributed by atoms with E-state index in [1.54, 1.807) is 0 Å². The van der Waals surface area contributed by atoms with Crippen molar-refractivity contribution < 1.29 is 14.3 Å². The maximum absolute atomic E-state index is 11.9. The Labute approximate surface area is 137 Å². The molecule has 1 N–H and O–H groups in total. The zero-order chi connectivity index (χ0) is 16.7. The summed E-state index contributed by atoms with van der Waals surface area (Å²) in [5, 5.41) is 2.85. The van der Waals surface area contributed by atoms with E-state index in [0.29, 0.717) is 13.2 Å². The largest absolute Gasteiger partial charge is 0.494 e. The molecule has 0 atom stereocenters. The third kappa shape index (κ3) is 5.02. The Balaban J connectivity index is 1.83. The lowest BCUT2D eigenvalue weighted by Crippen LogP contribution is -2.28. The smallest absolute Gasteiger partial charge is 0.258 e. The second-order valence-electron chi connectivity index (χ2n) is 5.34. The zero-order valence-electron chi connectivity index (χ0n) is 13.9. The molecule has 0 saturated carbocycles. The van der Waals surface area contributed by atoms with Crippen LogP contribution < -0.4 is 14.8 Å². The predicted octanol–water partition coefficient (Wildman–Crippen LogP) is 3.40. The van der Waals surface area contributed by atoms with Crippen LogP contribution in [0.2, 0.25) is 0 Å². The van der Waals surface area contributed by atoms with Crippen LogP contribution in [-0.4, -0.2) is 19.1 Å². The minimum atomic E-state index is -0.146. The maximum Gasteiger partial charge on any atom is 0.258 e. The molecule has 2 aromatic carbocycles. The molecule has 0 fully saturated rings. The first-order chi connectivity index (χ1) is 11.1. The van der Waals surface area contributed by atoms with Gasteiger partial charge in [-0.05, 0) is 55.7 Å². The van der Waals surface area contributed by atoms with E-state index >= 15 is 0 Å². The van der Waals surface area contributed by atoms with Crippen LogP contribution in [0.1, 0.15) is 23.6 Å². The summed E-state index contributed by atoms with van der Waals surface area (Å²) < 4.78 is 11.0. The summed E-state index contributed by atoms with van der Waals surface area (Å²) in [4.78, 5) is 11.9. The average molecular weight is 313 g/mol. The Bertz CT molecular complexity index is 667. The van der Waals surface area contributed by atoms with Crippen molar-refractivity contribution in [1.29, 1.82) is 0 Å². The minimum Gasteiger partial charge on any atom is -0.494 e. The van der Waals surface area contributed by atoms with E-state index in [-0.39, 0.29) is 12.5 Å². The minimum absolute atomic E-state index is 0.00937. The number of rotatable bonds is 7. The maximum atomic E-state index is 11.9. The second-order valence-corrected chi connectivity index (χ2v) is 5.34. The van der Waals surface area contributed by atoms with Gasteiger partial charge >= 0.3 is 0 Å². The van der Waals surface area contributed by atoms with Crippen molar-refractivity contribution >= 4 is 5.91 Å². The predicted molar refractivity (Wildman–Crippen MR) is 90.9 cm³/mol. The number of hydrogen-bond acceptors (Lipinski definition) is 3. The quantitative estimate of drug-likeness (QED) is 0.852. The van der Waals surface area contributed by atoms with E-state index in [4.69, 9.17) is 9.47 Å². The highest BCUT2D eigenvalue weighted by Gasteiger charge is 2.06. The van der Waals surface area contributed by atoms with E-state index < -0.39 is 0 Å². The normalized spacial score (nSPS) is 10.2. The first-order valence-electron chi connectivity index (χ1n) is 7.77. The van der Waals surface area contributed by atoms with Gasteiger partial charge in [-0.2, -0.15) is 0 Å². The fourth-order valence-electron chi connectivity index (χ4n) is 2.19. The van der Waals surface area contributed by atoms with Gasteiger partial charge in [-0.3, -0.25) is 4.79 Å². The molecule has 0 radical (unpaired) electrons. The number of amides is 1. The topological polar surface area (TPSA) is 47.6 Å². The van der Waals surface area contributed by atoms with Crippen LogP contribution in [0.15, 0.2) is 42.5 Å². The number of ether oxygens (including phenoxy) is 2. The van der Waals surface area contributed by atoms with Crippen molar-refractivity contribution in [3.63, 3.8) is 0 Å². The highest BCUT2D eigenvalue weighted by atomic mass is 16.5. The Morgan fingerprint density at radius 2 is 1.87 bits per heavy atom. The summed E-state index contributed by atoms with van der Waals surface area (Å²) in [5.41, 5.74) is 3.20. The molecule has 2 rings (SSSR count). The van der Waals surface area contributed by atoms with Crippen molar-refractivity contribution in [3.05, 3.63) is 59.2 Å². The Morgan fingerprint density at radius 3 is 2.65 bits per heavy atom. The Morgan fingerprint density at radius 1 is 1.09 bits per heavy atom. The number of carbonyl (C=O) groups is 1. The number of carbonyl (C=O) groups excluding carboxylic acids is 1. The third-order valence-corrected chi connectivity index (χ3v) is 3.61. The van der Waals surface area contributed by atoms with Gasteiger partial charge in [-0.15, -0.1) is 0 Å². The van der Waals surface area contributed by atoms with Gasteiger partial charge in [0, 0.05) is 6.54 Å².